The van der Waals surface area contributed by atoms with Crippen molar-refractivity contribution in [1.29, 1.82) is 0 Å². The average molecular weight is 304 g/mol. The lowest BCUT2D eigenvalue weighted by Gasteiger charge is -2.20. The van der Waals surface area contributed by atoms with Crippen molar-refractivity contribution in [2.24, 2.45) is 5.73 Å². The number of rotatable bonds is 3. The highest BCUT2D eigenvalue weighted by Crippen LogP contribution is 2.38. The van der Waals surface area contributed by atoms with E-state index in [2.05, 4.69) is 0 Å². The van der Waals surface area contributed by atoms with Crippen LogP contribution in [-0.2, 0) is 6.18 Å². The monoisotopic (exact) mass is 303 g/mol. The molecule has 0 aliphatic heterocycles. The topological polar surface area (TPSA) is 46.2 Å². The van der Waals surface area contributed by atoms with Crippen molar-refractivity contribution in [3.8, 4) is 0 Å². The fourth-order valence-corrected chi connectivity index (χ4v) is 1.85. The molecule has 0 radical (unpaired) electrons. The van der Waals surface area contributed by atoms with E-state index in [4.69, 9.17) is 17.3 Å². The standard InChI is InChI=1S/C11H13ClF3NO.ClH/c1-2-8(17)10(16)6-4-3-5-7(9(6)12)11(13,14)15;/h3-5,8,10,17H,2,16H2,1H3;1H/t8-,10+;/m0./s1. The minimum absolute atomic E-state index is 0. The molecular weight excluding hydrogens is 290 g/mol. The van der Waals surface area contributed by atoms with Crippen LogP contribution < -0.4 is 5.73 Å². The molecule has 0 bridgehead atoms. The molecule has 0 fully saturated rings. The molecule has 0 amide bonds. The van der Waals surface area contributed by atoms with Gasteiger partial charge >= 0.3 is 6.18 Å². The summed E-state index contributed by atoms with van der Waals surface area (Å²) in [5.74, 6) is 0. The van der Waals surface area contributed by atoms with Crippen LogP contribution in [0, 0.1) is 0 Å². The number of alkyl halides is 3. The van der Waals surface area contributed by atoms with Crippen molar-refractivity contribution in [3.63, 3.8) is 0 Å². The number of aliphatic hydroxyl groups excluding tert-OH is 1. The Morgan fingerprint density at radius 3 is 2.39 bits per heavy atom. The maximum atomic E-state index is 12.6. The summed E-state index contributed by atoms with van der Waals surface area (Å²) in [4.78, 5) is 0. The zero-order chi connectivity index (χ0) is 13.2. The zero-order valence-electron chi connectivity index (χ0n) is 9.54. The fourth-order valence-electron chi connectivity index (χ4n) is 1.49. The van der Waals surface area contributed by atoms with Crippen molar-refractivity contribution in [3.05, 3.63) is 34.3 Å². The quantitative estimate of drug-likeness (QED) is 0.897. The lowest BCUT2D eigenvalue weighted by Crippen LogP contribution is -2.26. The number of nitrogens with two attached hydrogens (primary N) is 1. The summed E-state index contributed by atoms with van der Waals surface area (Å²) >= 11 is 5.68. The smallest absolute Gasteiger partial charge is 0.391 e. The second kappa shape index (κ2) is 6.61. The summed E-state index contributed by atoms with van der Waals surface area (Å²) in [6, 6.07) is 2.58. The third-order valence-electron chi connectivity index (χ3n) is 2.53. The van der Waals surface area contributed by atoms with Gasteiger partial charge in [0.2, 0.25) is 0 Å². The van der Waals surface area contributed by atoms with E-state index in [9.17, 15) is 18.3 Å². The first-order valence-corrected chi connectivity index (χ1v) is 5.46. The van der Waals surface area contributed by atoms with Crippen LogP contribution in [0.4, 0.5) is 13.2 Å². The van der Waals surface area contributed by atoms with Crippen LogP contribution in [0.2, 0.25) is 5.02 Å². The van der Waals surface area contributed by atoms with Gasteiger partial charge in [0, 0.05) is 0 Å². The highest BCUT2D eigenvalue weighted by molar-refractivity contribution is 6.32. The average Bonchev–Trinajstić information content (AvgIpc) is 2.25. The molecule has 0 spiro atoms. The normalized spacial score (nSPS) is 14.8. The van der Waals surface area contributed by atoms with Crippen LogP contribution in [-0.4, -0.2) is 11.2 Å². The molecule has 2 nitrogen and oxygen atoms in total. The third kappa shape index (κ3) is 3.75. The summed E-state index contributed by atoms with van der Waals surface area (Å²) < 4.78 is 37.8. The van der Waals surface area contributed by atoms with E-state index in [0.29, 0.717) is 6.42 Å². The second-order valence-electron chi connectivity index (χ2n) is 3.71. The zero-order valence-corrected chi connectivity index (χ0v) is 11.1. The molecule has 1 aromatic carbocycles. The summed E-state index contributed by atoms with van der Waals surface area (Å²) in [7, 11) is 0. The Kier molecular flexibility index (Phi) is 6.43. The second-order valence-corrected chi connectivity index (χ2v) is 4.09. The number of hydrogen-bond donors (Lipinski definition) is 2. The Hall–Kier alpha value is -0.490. The molecule has 18 heavy (non-hydrogen) atoms. The van der Waals surface area contributed by atoms with Gasteiger partial charge in [0.1, 0.15) is 0 Å². The van der Waals surface area contributed by atoms with E-state index < -0.39 is 28.9 Å². The maximum Gasteiger partial charge on any atom is 0.417 e. The predicted molar refractivity (Wildman–Crippen MR) is 66.9 cm³/mol. The first-order valence-electron chi connectivity index (χ1n) is 5.08. The van der Waals surface area contributed by atoms with Gasteiger partial charge in [-0.1, -0.05) is 30.7 Å². The Balaban J connectivity index is 0.00000289. The molecule has 0 unspecified atom stereocenters. The first-order chi connectivity index (χ1) is 7.79. The van der Waals surface area contributed by atoms with Gasteiger partial charge in [-0.05, 0) is 18.1 Å². The number of hydrogen-bond acceptors (Lipinski definition) is 2. The number of aliphatic hydroxyl groups is 1. The Labute approximate surface area is 114 Å². The fraction of sp³-hybridized carbons (Fsp3) is 0.455. The summed E-state index contributed by atoms with van der Waals surface area (Å²) in [5.41, 5.74) is 4.83. The molecule has 0 aliphatic carbocycles. The van der Waals surface area contributed by atoms with Crippen molar-refractivity contribution in [2.45, 2.75) is 31.7 Å². The van der Waals surface area contributed by atoms with Crippen molar-refractivity contribution in [1.82, 2.24) is 0 Å². The van der Waals surface area contributed by atoms with Gasteiger partial charge in [0.25, 0.3) is 0 Å². The van der Waals surface area contributed by atoms with E-state index in [0.717, 1.165) is 6.07 Å². The maximum absolute atomic E-state index is 12.6. The van der Waals surface area contributed by atoms with E-state index in [1.54, 1.807) is 6.92 Å². The van der Waals surface area contributed by atoms with Crippen molar-refractivity contribution in [2.75, 3.05) is 0 Å². The molecule has 7 heteroatoms. The van der Waals surface area contributed by atoms with Gasteiger partial charge in [-0.3, -0.25) is 0 Å². The first kappa shape index (κ1) is 17.5. The SMILES string of the molecule is CC[C@H](O)[C@H](N)c1cccc(C(F)(F)F)c1Cl.Cl. The van der Waals surface area contributed by atoms with Gasteiger partial charge in [-0.2, -0.15) is 13.2 Å². The minimum Gasteiger partial charge on any atom is -0.391 e. The Morgan fingerprint density at radius 2 is 1.94 bits per heavy atom. The van der Waals surface area contributed by atoms with Crippen LogP contribution >= 0.6 is 24.0 Å². The summed E-state index contributed by atoms with van der Waals surface area (Å²) in [6.07, 6.45) is -5.10. The van der Waals surface area contributed by atoms with Crippen molar-refractivity contribution >= 4 is 24.0 Å². The van der Waals surface area contributed by atoms with Gasteiger partial charge in [0.05, 0.1) is 22.7 Å². The van der Waals surface area contributed by atoms with Gasteiger partial charge in [-0.15, -0.1) is 12.4 Å². The van der Waals surface area contributed by atoms with Gasteiger partial charge < -0.3 is 10.8 Å². The number of benzene rings is 1. The molecule has 0 aromatic heterocycles. The van der Waals surface area contributed by atoms with Crippen LogP contribution in [0.25, 0.3) is 0 Å². The van der Waals surface area contributed by atoms with Gasteiger partial charge in [0.15, 0.2) is 0 Å². The number of halogens is 5. The lowest BCUT2D eigenvalue weighted by molar-refractivity contribution is -0.137. The van der Waals surface area contributed by atoms with Gasteiger partial charge in [-0.25, -0.2) is 0 Å². The molecule has 1 aromatic rings. The minimum atomic E-state index is -4.52. The summed E-state index contributed by atoms with van der Waals surface area (Å²) in [5, 5.41) is 9.09. The van der Waals surface area contributed by atoms with E-state index >= 15 is 0 Å². The van der Waals surface area contributed by atoms with Crippen LogP contribution in [0.5, 0.6) is 0 Å². The Bertz CT molecular complexity index is 398. The van der Waals surface area contributed by atoms with Crippen molar-refractivity contribution < 1.29 is 18.3 Å². The Morgan fingerprint density at radius 1 is 1.39 bits per heavy atom. The van der Waals surface area contributed by atoms with E-state index in [1.807, 2.05) is 0 Å². The molecule has 0 heterocycles. The lowest BCUT2D eigenvalue weighted by atomic mass is 9.98. The van der Waals surface area contributed by atoms with Crippen LogP contribution in [0.15, 0.2) is 18.2 Å². The highest BCUT2D eigenvalue weighted by atomic mass is 35.5. The molecule has 0 aliphatic rings. The highest BCUT2D eigenvalue weighted by Gasteiger charge is 2.34. The van der Waals surface area contributed by atoms with Crippen LogP contribution in [0.3, 0.4) is 0 Å². The molecule has 3 N–H and O–H groups in total. The predicted octanol–water partition coefficient (Wildman–Crippen LogP) is 3.55. The van der Waals surface area contributed by atoms with E-state index in [1.165, 1.54) is 12.1 Å². The molecule has 2 atom stereocenters. The molecule has 0 saturated carbocycles. The molecule has 0 saturated heterocycles. The third-order valence-corrected chi connectivity index (χ3v) is 2.95. The van der Waals surface area contributed by atoms with Crippen LogP contribution in [0.1, 0.15) is 30.5 Å². The molecule has 1 rings (SSSR count). The largest absolute Gasteiger partial charge is 0.417 e. The summed E-state index contributed by atoms with van der Waals surface area (Å²) in [6.45, 7) is 1.69. The molecule has 104 valence electrons. The molecular formula is C11H14Cl2F3NO. The van der Waals surface area contributed by atoms with E-state index in [-0.39, 0.29) is 18.0 Å².